The van der Waals surface area contributed by atoms with Crippen LogP contribution in [0.25, 0.3) is 0 Å². The van der Waals surface area contributed by atoms with Gasteiger partial charge in [-0.15, -0.1) is 0 Å². The molecule has 3 heterocycles. The molecule has 24 heavy (non-hydrogen) atoms. The molecule has 1 aromatic carbocycles. The third kappa shape index (κ3) is 2.47. The molecular weight excluding hydrogens is 328 g/mol. The molecule has 7 heteroatoms. The van der Waals surface area contributed by atoms with Gasteiger partial charge < -0.3 is 15.0 Å². The minimum Gasteiger partial charge on any atom is -0.495 e. The summed E-state index contributed by atoms with van der Waals surface area (Å²) >= 11 is 6.13. The standard InChI is InChI=1S/C17H17ClN4O2/c1-24-16-5-2-10(6-13(16)18)21-17(23)22-11-3-4-15(22)12-8-19-9-20-14(12)7-11/h2,5-6,8-9,11,15H,3-4,7H2,1H3,(H,21,23)/t11-,15+/m0/s1. The van der Waals surface area contributed by atoms with Crippen LogP contribution in [0.15, 0.2) is 30.7 Å². The number of benzene rings is 1. The molecular formula is C17H17ClN4O2. The fraction of sp³-hybridized carbons (Fsp3) is 0.353. The SMILES string of the molecule is COc1ccc(NC(=O)N2[C@H]3CC[C@@H]2c2cncnc2C3)cc1Cl. The topological polar surface area (TPSA) is 67.3 Å². The maximum atomic E-state index is 12.8. The lowest BCUT2D eigenvalue weighted by molar-refractivity contribution is 0.178. The largest absolute Gasteiger partial charge is 0.495 e. The van der Waals surface area contributed by atoms with Crippen molar-refractivity contribution >= 4 is 23.3 Å². The predicted molar refractivity (Wildman–Crippen MR) is 90.4 cm³/mol. The average Bonchev–Trinajstić information content (AvgIpc) is 2.90. The molecule has 6 nitrogen and oxygen atoms in total. The van der Waals surface area contributed by atoms with Gasteiger partial charge in [0.15, 0.2) is 0 Å². The molecule has 1 saturated heterocycles. The molecule has 2 bridgehead atoms. The molecule has 2 aliphatic rings. The van der Waals surface area contributed by atoms with Crippen LogP contribution in [0.3, 0.4) is 0 Å². The first kappa shape index (κ1) is 15.2. The van der Waals surface area contributed by atoms with Gasteiger partial charge in [-0.05, 0) is 31.0 Å². The van der Waals surface area contributed by atoms with Crippen LogP contribution in [0.2, 0.25) is 5.02 Å². The number of nitrogens with one attached hydrogen (secondary N) is 1. The highest BCUT2D eigenvalue weighted by molar-refractivity contribution is 6.32. The summed E-state index contributed by atoms with van der Waals surface area (Å²) in [7, 11) is 1.56. The number of anilines is 1. The van der Waals surface area contributed by atoms with Crippen molar-refractivity contribution in [3.05, 3.63) is 47.0 Å². The van der Waals surface area contributed by atoms with E-state index in [0.29, 0.717) is 16.5 Å². The number of rotatable bonds is 2. The summed E-state index contributed by atoms with van der Waals surface area (Å²) in [4.78, 5) is 23.2. The van der Waals surface area contributed by atoms with Gasteiger partial charge >= 0.3 is 6.03 Å². The number of methoxy groups -OCH3 is 1. The van der Waals surface area contributed by atoms with Crippen LogP contribution < -0.4 is 10.1 Å². The Morgan fingerprint density at radius 3 is 3.08 bits per heavy atom. The van der Waals surface area contributed by atoms with Crippen molar-refractivity contribution in [1.82, 2.24) is 14.9 Å². The van der Waals surface area contributed by atoms with Crippen molar-refractivity contribution in [3.63, 3.8) is 0 Å². The maximum Gasteiger partial charge on any atom is 0.322 e. The Balaban J connectivity index is 1.56. The highest BCUT2D eigenvalue weighted by Gasteiger charge is 2.43. The summed E-state index contributed by atoms with van der Waals surface area (Å²) in [5.74, 6) is 0.582. The van der Waals surface area contributed by atoms with Crippen molar-refractivity contribution in [1.29, 1.82) is 0 Å². The van der Waals surface area contributed by atoms with Crippen molar-refractivity contribution in [2.45, 2.75) is 31.3 Å². The zero-order valence-corrected chi connectivity index (χ0v) is 14.0. The number of fused-ring (bicyclic) bond motifs is 4. The summed E-state index contributed by atoms with van der Waals surface area (Å²) in [5, 5.41) is 3.41. The molecule has 1 fully saturated rings. The first-order chi connectivity index (χ1) is 11.7. The third-order valence-electron chi connectivity index (χ3n) is 4.76. The normalized spacial score (nSPS) is 21.3. The van der Waals surface area contributed by atoms with Gasteiger partial charge in [-0.3, -0.25) is 0 Å². The Bertz CT molecular complexity index is 798. The van der Waals surface area contributed by atoms with E-state index in [1.165, 1.54) is 0 Å². The fourth-order valence-electron chi connectivity index (χ4n) is 3.67. The number of carbonyl (C=O) groups is 1. The molecule has 0 saturated carbocycles. The van der Waals surface area contributed by atoms with Gasteiger partial charge in [0.2, 0.25) is 0 Å². The number of ether oxygens (including phenoxy) is 1. The van der Waals surface area contributed by atoms with Crippen molar-refractivity contribution in [3.8, 4) is 5.75 Å². The second-order valence-electron chi connectivity index (χ2n) is 6.06. The average molecular weight is 345 g/mol. The predicted octanol–water partition coefficient (Wildman–Crippen LogP) is 3.43. The van der Waals surface area contributed by atoms with Crippen LogP contribution in [0.1, 0.15) is 30.1 Å². The number of amides is 2. The Labute approximate surface area is 144 Å². The molecule has 2 atom stereocenters. The van der Waals surface area contributed by atoms with E-state index in [9.17, 15) is 4.79 Å². The van der Waals surface area contributed by atoms with Crippen LogP contribution in [-0.2, 0) is 6.42 Å². The lowest BCUT2D eigenvalue weighted by Gasteiger charge is -2.35. The van der Waals surface area contributed by atoms with Gasteiger partial charge in [-0.1, -0.05) is 11.6 Å². The Morgan fingerprint density at radius 2 is 2.29 bits per heavy atom. The third-order valence-corrected chi connectivity index (χ3v) is 5.05. The highest BCUT2D eigenvalue weighted by atomic mass is 35.5. The van der Waals surface area contributed by atoms with Crippen LogP contribution in [0, 0.1) is 0 Å². The molecule has 124 valence electrons. The quantitative estimate of drug-likeness (QED) is 0.906. The van der Waals surface area contributed by atoms with Crippen LogP contribution in [0.5, 0.6) is 5.75 Å². The molecule has 0 radical (unpaired) electrons. The molecule has 1 N–H and O–H groups in total. The van der Waals surface area contributed by atoms with E-state index >= 15 is 0 Å². The summed E-state index contributed by atoms with van der Waals surface area (Å²) in [6.07, 6.45) is 6.12. The fourth-order valence-corrected chi connectivity index (χ4v) is 3.92. The number of aromatic nitrogens is 2. The summed E-state index contributed by atoms with van der Waals surface area (Å²) in [5.41, 5.74) is 2.78. The van der Waals surface area contributed by atoms with Crippen molar-refractivity contribution in [2.75, 3.05) is 12.4 Å². The first-order valence-corrected chi connectivity index (χ1v) is 8.27. The Morgan fingerprint density at radius 1 is 1.42 bits per heavy atom. The number of halogens is 1. The number of urea groups is 1. The summed E-state index contributed by atoms with van der Waals surface area (Å²) in [6, 6.07) is 5.34. The van der Waals surface area contributed by atoms with E-state index in [2.05, 4.69) is 15.3 Å². The van der Waals surface area contributed by atoms with Crippen LogP contribution in [-0.4, -0.2) is 34.1 Å². The molecule has 1 aromatic heterocycles. The van der Waals surface area contributed by atoms with Gasteiger partial charge in [0.25, 0.3) is 0 Å². The molecule has 0 unspecified atom stereocenters. The second kappa shape index (κ2) is 5.94. The Hall–Kier alpha value is -2.34. The zero-order valence-electron chi connectivity index (χ0n) is 13.2. The second-order valence-corrected chi connectivity index (χ2v) is 6.47. The number of hydrogen-bond acceptors (Lipinski definition) is 4. The van der Waals surface area contributed by atoms with Crippen LogP contribution in [0.4, 0.5) is 10.5 Å². The minimum atomic E-state index is -0.113. The van der Waals surface area contributed by atoms with Crippen LogP contribution >= 0.6 is 11.6 Å². The Kier molecular flexibility index (Phi) is 3.76. The number of carbonyl (C=O) groups excluding carboxylic acids is 1. The summed E-state index contributed by atoms with van der Waals surface area (Å²) < 4.78 is 5.14. The van der Waals surface area contributed by atoms with Gasteiger partial charge in [0.1, 0.15) is 12.1 Å². The molecule has 0 spiro atoms. The number of hydrogen-bond donors (Lipinski definition) is 1. The van der Waals surface area contributed by atoms with Crippen molar-refractivity contribution in [2.24, 2.45) is 0 Å². The molecule has 4 rings (SSSR count). The lowest BCUT2D eigenvalue weighted by Crippen LogP contribution is -2.44. The first-order valence-electron chi connectivity index (χ1n) is 7.89. The van der Waals surface area contributed by atoms with E-state index in [0.717, 1.165) is 30.5 Å². The van der Waals surface area contributed by atoms with E-state index in [1.807, 2.05) is 11.1 Å². The van der Waals surface area contributed by atoms with E-state index in [-0.39, 0.29) is 18.1 Å². The molecule has 2 aromatic rings. The maximum absolute atomic E-state index is 12.8. The minimum absolute atomic E-state index is 0.0497. The van der Waals surface area contributed by atoms with Crippen molar-refractivity contribution < 1.29 is 9.53 Å². The number of nitrogens with zero attached hydrogens (tertiary/aromatic N) is 3. The molecule has 2 aliphatic heterocycles. The van der Waals surface area contributed by atoms with E-state index in [1.54, 1.807) is 31.6 Å². The van der Waals surface area contributed by atoms with Gasteiger partial charge in [-0.25, -0.2) is 14.8 Å². The van der Waals surface area contributed by atoms with Gasteiger partial charge in [-0.2, -0.15) is 0 Å². The van der Waals surface area contributed by atoms with Gasteiger partial charge in [0.05, 0.1) is 23.9 Å². The summed E-state index contributed by atoms with van der Waals surface area (Å²) in [6.45, 7) is 0. The van der Waals surface area contributed by atoms with E-state index in [4.69, 9.17) is 16.3 Å². The smallest absolute Gasteiger partial charge is 0.322 e. The monoisotopic (exact) mass is 344 g/mol. The zero-order chi connectivity index (χ0) is 16.7. The molecule has 0 aliphatic carbocycles. The van der Waals surface area contributed by atoms with E-state index < -0.39 is 0 Å². The molecule has 2 amide bonds. The van der Waals surface area contributed by atoms with Gasteiger partial charge in [0, 0.05) is 29.9 Å². The lowest BCUT2D eigenvalue weighted by atomic mass is 10.00. The highest BCUT2D eigenvalue weighted by Crippen LogP contribution is 2.43.